The van der Waals surface area contributed by atoms with E-state index in [1.165, 1.54) is 18.4 Å². The van der Waals surface area contributed by atoms with Crippen LogP contribution in [-0.2, 0) is 24.8 Å². The van der Waals surface area contributed by atoms with E-state index in [4.69, 9.17) is 16.3 Å². The zero-order chi connectivity index (χ0) is 13.8. The molecule has 2 rings (SSSR count). The molecule has 0 amide bonds. The van der Waals surface area contributed by atoms with Crippen molar-refractivity contribution in [3.8, 4) is 0 Å². The van der Waals surface area contributed by atoms with Gasteiger partial charge in [0.05, 0.1) is 11.8 Å². The van der Waals surface area contributed by atoms with Crippen molar-refractivity contribution in [2.45, 2.75) is 45.8 Å². The van der Waals surface area contributed by atoms with Crippen LogP contribution in [-0.4, -0.2) is 40.5 Å². The summed E-state index contributed by atoms with van der Waals surface area (Å²) in [6, 6.07) is 0. The minimum atomic E-state index is 0.389. The minimum Gasteiger partial charge on any atom is -0.377 e. The first-order chi connectivity index (χ1) is 9.15. The van der Waals surface area contributed by atoms with Gasteiger partial charge in [0.1, 0.15) is 5.15 Å². The highest BCUT2D eigenvalue weighted by Gasteiger charge is 2.21. The van der Waals surface area contributed by atoms with Crippen LogP contribution in [0.2, 0.25) is 5.15 Å². The molecule has 19 heavy (non-hydrogen) atoms. The third-order valence-corrected chi connectivity index (χ3v) is 4.27. The fourth-order valence-corrected chi connectivity index (χ4v) is 2.85. The molecular weight excluding hydrogens is 262 g/mol. The van der Waals surface area contributed by atoms with Crippen molar-refractivity contribution in [3.63, 3.8) is 0 Å². The lowest BCUT2D eigenvalue weighted by Gasteiger charge is -2.23. The summed E-state index contributed by atoms with van der Waals surface area (Å²) in [7, 11) is 1.90. The van der Waals surface area contributed by atoms with Gasteiger partial charge < -0.3 is 4.74 Å². The Balaban J connectivity index is 2.04. The Bertz CT molecular complexity index is 413. The maximum Gasteiger partial charge on any atom is 0.131 e. The highest BCUT2D eigenvalue weighted by Crippen LogP contribution is 2.22. The molecule has 0 N–H and O–H groups in total. The van der Waals surface area contributed by atoms with E-state index in [2.05, 4.69) is 23.8 Å². The molecule has 0 spiro atoms. The molecule has 108 valence electrons. The van der Waals surface area contributed by atoms with E-state index in [9.17, 15) is 0 Å². The van der Waals surface area contributed by atoms with Crippen molar-refractivity contribution in [2.75, 3.05) is 19.7 Å². The molecule has 0 radical (unpaired) electrons. The average Bonchev–Trinajstić information content (AvgIpc) is 3.01. The van der Waals surface area contributed by atoms with Crippen molar-refractivity contribution >= 4 is 11.6 Å². The predicted molar refractivity (Wildman–Crippen MR) is 77.5 cm³/mol. The van der Waals surface area contributed by atoms with Gasteiger partial charge >= 0.3 is 0 Å². The van der Waals surface area contributed by atoms with Gasteiger partial charge in [0.2, 0.25) is 0 Å². The van der Waals surface area contributed by atoms with Crippen LogP contribution in [0.15, 0.2) is 0 Å². The lowest BCUT2D eigenvalue weighted by molar-refractivity contribution is 0.0724. The summed E-state index contributed by atoms with van der Waals surface area (Å²) in [5.74, 6) is 0. The van der Waals surface area contributed by atoms with Crippen LogP contribution >= 0.6 is 11.6 Å². The van der Waals surface area contributed by atoms with Gasteiger partial charge in [-0.25, -0.2) is 0 Å². The fourth-order valence-electron chi connectivity index (χ4n) is 2.65. The van der Waals surface area contributed by atoms with Crippen LogP contribution in [0.5, 0.6) is 0 Å². The first kappa shape index (κ1) is 14.8. The molecule has 1 aromatic rings. The molecule has 1 saturated heterocycles. The quantitative estimate of drug-likeness (QED) is 0.805. The fraction of sp³-hybridized carbons (Fsp3) is 0.786. The normalized spacial score (nSPS) is 19.5. The van der Waals surface area contributed by atoms with E-state index < -0.39 is 0 Å². The Hall–Kier alpha value is -0.580. The Morgan fingerprint density at radius 3 is 2.84 bits per heavy atom. The zero-order valence-electron chi connectivity index (χ0n) is 12.2. The standard InChI is InChI=1S/C14H24ClN3O/c1-4-13-12(14(15)17(3)16-13)10-18(5-2)9-11-7-6-8-19-11/h11H,4-10H2,1-3H3/t11-/m0/s1. The first-order valence-corrected chi connectivity index (χ1v) is 7.57. The number of nitrogens with zero attached hydrogens (tertiary/aromatic N) is 3. The smallest absolute Gasteiger partial charge is 0.131 e. The highest BCUT2D eigenvalue weighted by molar-refractivity contribution is 6.30. The van der Waals surface area contributed by atoms with Crippen molar-refractivity contribution in [1.29, 1.82) is 0 Å². The largest absolute Gasteiger partial charge is 0.377 e. The Morgan fingerprint density at radius 1 is 1.47 bits per heavy atom. The second-order valence-corrected chi connectivity index (χ2v) is 5.51. The molecule has 0 unspecified atom stereocenters. The molecule has 1 aromatic heterocycles. The van der Waals surface area contributed by atoms with Gasteiger partial charge in [-0.3, -0.25) is 9.58 Å². The van der Waals surface area contributed by atoms with Crippen molar-refractivity contribution in [3.05, 3.63) is 16.4 Å². The Morgan fingerprint density at radius 2 is 2.26 bits per heavy atom. The number of ether oxygens (including phenoxy) is 1. The van der Waals surface area contributed by atoms with E-state index in [0.717, 1.165) is 43.5 Å². The molecule has 1 aliphatic rings. The van der Waals surface area contributed by atoms with Crippen LogP contribution < -0.4 is 0 Å². The van der Waals surface area contributed by atoms with Crippen molar-refractivity contribution in [2.24, 2.45) is 7.05 Å². The van der Waals surface area contributed by atoms with E-state index in [-0.39, 0.29) is 0 Å². The maximum atomic E-state index is 6.35. The van der Waals surface area contributed by atoms with Crippen LogP contribution in [0, 0.1) is 0 Å². The number of rotatable bonds is 6. The van der Waals surface area contributed by atoms with Crippen LogP contribution in [0.3, 0.4) is 0 Å². The van der Waals surface area contributed by atoms with Gasteiger partial charge in [-0.2, -0.15) is 5.10 Å². The summed E-state index contributed by atoms with van der Waals surface area (Å²) in [5.41, 5.74) is 2.28. The SMILES string of the molecule is CCc1nn(C)c(Cl)c1CN(CC)C[C@@H]1CCCO1. The molecule has 1 atom stereocenters. The lowest BCUT2D eigenvalue weighted by atomic mass is 10.1. The Kier molecular flexibility index (Phi) is 5.25. The number of hydrogen-bond acceptors (Lipinski definition) is 3. The van der Waals surface area contributed by atoms with Crippen LogP contribution in [0.4, 0.5) is 0 Å². The average molecular weight is 286 g/mol. The monoisotopic (exact) mass is 285 g/mol. The van der Waals surface area contributed by atoms with Gasteiger partial charge in [0.25, 0.3) is 0 Å². The van der Waals surface area contributed by atoms with Gasteiger partial charge in [0.15, 0.2) is 0 Å². The molecule has 0 saturated carbocycles. The minimum absolute atomic E-state index is 0.389. The molecule has 1 fully saturated rings. The number of aromatic nitrogens is 2. The summed E-state index contributed by atoms with van der Waals surface area (Å²) in [6.07, 6.45) is 3.68. The summed E-state index contributed by atoms with van der Waals surface area (Å²) in [5, 5.41) is 5.24. The van der Waals surface area contributed by atoms with Crippen molar-refractivity contribution < 1.29 is 4.74 Å². The summed E-state index contributed by atoms with van der Waals surface area (Å²) >= 11 is 6.35. The number of aryl methyl sites for hydroxylation is 2. The summed E-state index contributed by atoms with van der Waals surface area (Å²) in [6.45, 7) is 8.09. The number of halogens is 1. The highest BCUT2D eigenvalue weighted by atomic mass is 35.5. The molecule has 1 aliphatic heterocycles. The Labute approximate surface area is 120 Å². The third-order valence-electron chi connectivity index (χ3n) is 3.80. The molecular formula is C14H24ClN3O. The molecule has 0 aromatic carbocycles. The van der Waals surface area contributed by atoms with Crippen molar-refractivity contribution in [1.82, 2.24) is 14.7 Å². The summed E-state index contributed by atoms with van der Waals surface area (Å²) in [4.78, 5) is 2.40. The van der Waals surface area contributed by atoms with Crippen LogP contribution in [0.1, 0.15) is 37.9 Å². The molecule has 0 aliphatic carbocycles. The van der Waals surface area contributed by atoms with Gasteiger partial charge in [-0.1, -0.05) is 25.4 Å². The molecule has 2 heterocycles. The molecule has 5 heteroatoms. The van der Waals surface area contributed by atoms with Gasteiger partial charge in [0, 0.05) is 32.3 Å². The van der Waals surface area contributed by atoms with Crippen LogP contribution in [0.25, 0.3) is 0 Å². The lowest BCUT2D eigenvalue weighted by Crippen LogP contribution is -2.31. The third kappa shape index (κ3) is 3.50. The maximum absolute atomic E-state index is 6.35. The second-order valence-electron chi connectivity index (χ2n) is 5.16. The molecule has 0 bridgehead atoms. The van der Waals surface area contributed by atoms with E-state index in [1.807, 2.05) is 7.05 Å². The van der Waals surface area contributed by atoms with E-state index >= 15 is 0 Å². The topological polar surface area (TPSA) is 30.3 Å². The van der Waals surface area contributed by atoms with Gasteiger partial charge in [-0.05, 0) is 25.8 Å². The molecule has 4 nitrogen and oxygen atoms in total. The zero-order valence-corrected chi connectivity index (χ0v) is 12.9. The van der Waals surface area contributed by atoms with Gasteiger partial charge in [-0.15, -0.1) is 0 Å². The van der Waals surface area contributed by atoms with E-state index in [0.29, 0.717) is 6.10 Å². The second kappa shape index (κ2) is 6.73. The van der Waals surface area contributed by atoms with E-state index in [1.54, 1.807) is 4.68 Å². The first-order valence-electron chi connectivity index (χ1n) is 7.19. The summed E-state index contributed by atoms with van der Waals surface area (Å²) < 4.78 is 7.49. The number of likely N-dealkylation sites (N-methyl/N-ethyl adjacent to an activating group) is 1. The predicted octanol–water partition coefficient (Wildman–Crippen LogP) is 2.64. The number of hydrogen-bond donors (Lipinski definition) is 0.